The first-order chi connectivity index (χ1) is 5.79. The summed E-state index contributed by atoms with van der Waals surface area (Å²) < 4.78 is 0. The smallest absolute Gasteiger partial charge is 0.139 e. The highest BCUT2D eigenvalue weighted by molar-refractivity contribution is 5.89. The highest BCUT2D eigenvalue weighted by atomic mass is 16.1. The van der Waals surface area contributed by atoms with Crippen molar-refractivity contribution in [2.45, 2.75) is 51.4 Å². The zero-order chi connectivity index (χ0) is 8.23. The Balaban J connectivity index is 1.99. The molecule has 3 rings (SSSR count). The van der Waals surface area contributed by atoms with Gasteiger partial charge in [0, 0.05) is 11.8 Å². The lowest BCUT2D eigenvalue weighted by Gasteiger charge is -2.12. The fraction of sp³-hybridized carbons (Fsp3) is 0.909. The third kappa shape index (κ3) is 0.605. The van der Waals surface area contributed by atoms with Crippen LogP contribution in [-0.2, 0) is 4.79 Å². The molecule has 3 aliphatic carbocycles. The minimum atomic E-state index is 0.240. The van der Waals surface area contributed by atoms with Crippen molar-refractivity contribution >= 4 is 5.78 Å². The van der Waals surface area contributed by atoms with Crippen LogP contribution in [0.1, 0.15) is 51.4 Å². The third-order valence-corrected chi connectivity index (χ3v) is 4.63. The van der Waals surface area contributed by atoms with Gasteiger partial charge in [0.15, 0.2) is 0 Å². The van der Waals surface area contributed by atoms with Gasteiger partial charge in [-0.25, -0.2) is 0 Å². The Hall–Kier alpha value is -0.330. The maximum atomic E-state index is 11.9. The summed E-state index contributed by atoms with van der Waals surface area (Å²) in [5.74, 6) is 0.623. The van der Waals surface area contributed by atoms with Crippen LogP contribution in [0.15, 0.2) is 0 Å². The maximum Gasteiger partial charge on any atom is 0.139 e. The van der Waals surface area contributed by atoms with Crippen molar-refractivity contribution in [3.63, 3.8) is 0 Å². The van der Waals surface area contributed by atoms with Gasteiger partial charge in [-0.05, 0) is 37.5 Å². The average Bonchev–Trinajstić information content (AvgIpc) is 2.60. The van der Waals surface area contributed by atoms with Crippen LogP contribution < -0.4 is 0 Å². The zero-order valence-corrected chi connectivity index (χ0v) is 7.57. The quantitative estimate of drug-likeness (QED) is 0.538. The van der Waals surface area contributed by atoms with Gasteiger partial charge in [0.2, 0.25) is 0 Å². The first kappa shape index (κ1) is 7.11. The molecule has 0 bridgehead atoms. The molecule has 0 N–H and O–H groups in total. The highest BCUT2D eigenvalue weighted by Crippen LogP contribution is 2.77. The fourth-order valence-corrected chi connectivity index (χ4v) is 3.92. The highest BCUT2D eigenvalue weighted by Gasteiger charge is 2.72. The summed E-state index contributed by atoms with van der Waals surface area (Å²) >= 11 is 0. The van der Waals surface area contributed by atoms with Gasteiger partial charge in [0.1, 0.15) is 5.78 Å². The Labute approximate surface area is 73.5 Å². The second-order valence-electron chi connectivity index (χ2n) is 5.02. The van der Waals surface area contributed by atoms with Gasteiger partial charge in [0.25, 0.3) is 0 Å². The number of carbonyl (C=O) groups is 1. The van der Waals surface area contributed by atoms with E-state index >= 15 is 0 Å². The van der Waals surface area contributed by atoms with E-state index in [1.54, 1.807) is 0 Å². The first-order valence-corrected chi connectivity index (χ1v) is 5.33. The minimum Gasteiger partial charge on any atom is -0.299 e. The van der Waals surface area contributed by atoms with Gasteiger partial charge in [-0.3, -0.25) is 4.79 Å². The van der Waals surface area contributed by atoms with E-state index in [-0.39, 0.29) is 5.41 Å². The van der Waals surface area contributed by atoms with Crippen LogP contribution in [0.2, 0.25) is 0 Å². The standard InChI is InChI=1S/C11H16O/c12-9-4-1-2-5-10-6-3-7-11(9,10)8-10/h1-8H2/t10-,11+/m1/s1. The molecule has 0 aliphatic heterocycles. The summed E-state index contributed by atoms with van der Waals surface area (Å²) in [5, 5.41) is 0. The van der Waals surface area contributed by atoms with Crippen molar-refractivity contribution in [2.75, 3.05) is 0 Å². The van der Waals surface area contributed by atoms with E-state index in [4.69, 9.17) is 0 Å². The number of Topliss-reactive ketones (excluding diaryl/α,β-unsaturated/α-hetero) is 1. The average molecular weight is 164 g/mol. The van der Waals surface area contributed by atoms with Crippen LogP contribution in [0.4, 0.5) is 0 Å². The maximum absolute atomic E-state index is 11.9. The molecule has 3 aliphatic rings. The van der Waals surface area contributed by atoms with Gasteiger partial charge in [-0.15, -0.1) is 0 Å². The zero-order valence-electron chi connectivity index (χ0n) is 7.57. The molecule has 2 atom stereocenters. The molecule has 3 saturated carbocycles. The van der Waals surface area contributed by atoms with E-state index in [2.05, 4.69) is 0 Å². The Morgan fingerprint density at radius 1 is 1.00 bits per heavy atom. The number of carbonyl (C=O) groups excluding carboxylic acids is 1. The van der Waals surface area contributed by atoms with Gasteiger partial charge >= 0.3 is 0 Å². The molecule has 0 amide bonds. The van der Waals surface area contributed by atoms with Crippen molar-refractivity contribution in [3.8, 4) is 0 Å². The molecule has 0 aromatic carbocycles. The second kappa shape index (κ2) is 1.94. The molecule has 12 heavy (non-hydrogen) atoms. The molecule has 0 radical (unpaired) electrons. The number of ketones is 1. The normalized spacial score (nSPS) is 51.2. The van der Waals surface area contributed by atoms with Crippen molar-refractivity contribution in [1.82, 2.24) is 0 Å². The lowest BCUT2D eigenvalue weighted by atomic mass is 9.91. The lowest BCUT2D eigenvalue weighted by molar-refractivity contribution is -0.124. The fourth-order valence-electron chi connectivity index (χ4n) is 3.92. The lowest BCUT2D eigenvalue weighted by Crippen LogP contribution is -2.16. The van der Waals surface area contributed by atoms with E-state index in [9.17, 15) is 4.79 Å². The van der Waals surface area contributed by atoms with Gasteiger partial charge in [-0.1, -0.05) is 12.8 Å². The molecule has 0 aromatic heterocycles. The van der Waals surface area contributed by atoms with E-state index in [1.165, 1.54) is 44.9 Å². The van der Waals surface area contributed by atoms with E-state index in [0.717, 1.165) is 6.42 Å². The van der Waals surface area contributed by atoms with Crippen molar-refractivity contribution in [1.29, 1.82) is 0 Å². The van der Waals surface area contributed by atoms with E-state index < -0.39 is 0 Å². The molecule has 3 fully saturated rings. The van der Waals surface area contributed by atoms with Gasteiger partial charge in [0.05, 0.1) is 0 Å². The van der Waals surface area contributed by atoms with Crippen LogP contribution in [0, 0.1) is 10.8 Å². The van der Waals surface area contributed by atoms with Crippen molar-refractivity contribution < 1.29 is 4.79 Å². The predicted octanol–water partition coefficient (Wildman–Crippen LogP) is 2.69. The predicted molar refractivity (Wildman–Crippen MR) is 46.8 cm³/mol. The van der Waals surface area contributed by atoms with Crippen molar-refractivity contribution in [2.24, 2.45) is 10.8 Å². The molecular formula is C11H16O. The van der Waals surface area contributed by atoms with Gasteiger partial charge in [-0.2, -0.15) is 0 Å². The molecule has 0 spiro atoms. The van der Waals surface area contributed by atoms with Gasteiger partial charge < -0.3 is 0 Å². The topological polar surface area (TPSA) is 17.1 Å². The molecule has 0 heterocycles. The summed E-state index contributed by atoms with van der Waals surface area (Å²) in [7, 11) is 0. The first-order valence-electron chi connectivity index (χ1n) is 5.33. The summed E-state index contributed by atoms with van der Waals surface area (Å²) in [6.45, 7) is 0. The molecule has 0 unspecified atom stereocenters. The largest absolute Gasteiger partial charge is 0.299 e. The summed E-state index contributed by atoms with van der Waals surface area (Å²) in [6.07, 6.45) is 9.91. The Kier molecular flexibility index (Phi) is 1.15. The summed E-state index contributed by atoms with van der Waals surface area (Å²) in [5.41, 5.74) is 0.782. The Morgan fingerprint density at radius 3 is 2.75 bits per heavy atom. The molecule has 1 nitrogen and oxygen atoms in total. The third-order valence-electron chi connectivity index (χ3n) is 4.63. The Morgan fingerprint density at radius 2 is 1.83 bits per heavy atom. The molecule has 66 valence electrons. The van der Waals surface area contributed by atoms with Crippen LogP contribution in [-0.4, -0.2) is 5.78 Å². The number of rotatable bonds is 0. The monoisotopic (exact) mass is 164 g/mol. The Bertz CT molecular complexity index is 245. The SMILES string of the molecule is O=C1CCCC[C@]23CCC[C@]12C3. The van der Waals surface area contributed by atoms with Crippen LogP contribution in [0.5, 0.6) is 0 Å². The van der Waals surface area contributed by atoms with E-state index in [1.807, 2.05) is 0 Å². The summed E-state index contributed by atoms with van der Waals surface area (Å²) in [4.78, 5) is 11.9. The van der Waals surface area contributed by atoms with Crippen LogP contribution >= 0.6 is 0 Å². The minimum absolute atomic E-state index is 0.240. The number of hydrogen-bond donors (Lipinski definition) is 0. The molecule has 1 heteroatoms. The van der Waals surface area contributed by atoms with Crippen molar-refractivity contribution in [3.05, 3.63) is 0 Å². The van der Waals surface area contributed by atoms with E-state index in [0.29, 0.717) is 11.2 Å². The second-order valence-corrected chi connectivity index (χ2v) is 5.02. The van der Waals surface area contributed by atoms with Crippen LogP contribution in [0.25, 0.3) is 0 Å². The molecule has 0 saturated heterocycles. The molecular weight excluding hydrogens is 148 g/mol. The summed E-state index contributed by atoms with van der Waals surface area (Å²) in [6, 6.07) is 0. The number of hydrogen-bond acceptors (Lipinski definition) is 1. The molecule has 0 aromatic rings. The van der Waals surface area contributed by atoms with Crippen LogP contribution in [0.3, 0.4) is 0 Å².